The molecule has 200 valence electrons. The highest BCUT2D eigenvalue weighted by Crippen LogP contribution is 2.33. The summed E-state index contributed by atoms with van der Waals surface area (Å²) in [5, 5.41) is 0.499. The predicted molar refractivity (Wildman–Crippen MR) is 152 cm³/mol. The van der Waals surface area contributed by atoms with Gasteiger partial charge in [0.2, 0.25) is 10.0 Å². The van der Waals surface area contributed by atoms with Crippen molar-refractivity contribution in [1.82, 2.24) is 9.29 Å². The van der Waals surface area contributed by atoms with Gasteiger partial charge in [-0.3, -0.25) is 9.69 Å². The molecule has 0 bridgehead atoms. The maximum absolute atomic E-state index is 13.7. The van der Waals surface area contributed by atoms with E-state index in [1.54, 1.807) is 18.4 Å². The van der Waals surface area contributed by atoms with Gasteiger partial charge in [0.15, 0.2) is 5.13 Å². The SMILES string of the molecule is CCOc1ccc2nc(N(Cc3ccco3)C(=O)c3ccc(S(=O)(=O)N(C)Cc4ccccc4)cc3)sc2c1. The van der Waals surface area contributed by atoms with Crippen molar-refractivity contribution in [2.75, 3.05) is 18.6 Å². The van der Waals surface area contributed by atoms with Gasteiger partial charge in [-0.25, -0.2) is 13.4 Å². The molecule has 0 fully saturated rings. The summed E-state index contributed by atoms with van der Waals surface area (Å²) >= 11 is 1.37. The fourth-order valence-corrected chi connectivity index (χ4v) is 6.23. The van der Waals surface area contributed by atoms with E-state index in [4.69, 9.17) is 9.15 Å². The molecule has 5 rings (SSSR count). The number of thiazole rings is 1. The number of aromatic nitrogens is 1. The van der Waals surface area contributed by atoms with Crippen molar-refractivity contribution in [2.24, 2.45) is 0 Å². The first kappa shape index (κ1) is 26.6. The van der Waals surface area contributed by atoms with Crippen molar-refractivity contribution in [3.8, 4) is 5.75 Å². The first-order valence-electron chi connectivity index (χ1n) is 12.3. The predicted octanol–water partition coefficient (Wildman–Crippen LogP) is 5.96. The lowest BCUT2D eigenvalue weighted by atomic mass is 10.2. The number of sulfonamides is 1. The lowest BCUT2D eigenvalue weighted by Crippen LogP contribution is -2.30. The van der Waals surface area contributed by atoms with Gasteiger partial charge in [-0.05, 0) is 67.1 Å². The molecule has 0 aliphatic rings. The second-order valence-corrected chi connectivity index (χ2v) is 11.9. The van der Waals surface area contributed by atoms with Crippen LogP contribution in [0.4, 0.5) is 5.13 Å². The molecule has 39 heavy (non-hydrogen) atoms. The minimum Gasteiger partial charge on any atom is -0.494 e. The Balaban J connectivity index is 1.42. The van der Waals surface area contributed by atoms with E-state index in [9.17, 15) is 13.2 Å². The number of ether oxygens (including phenoxy) is 1. The molecule has 3 aromatic carbocycles. The maximum atomic E-state index is 13.7. The minimum absolute atomic E-state index is 0.110. The van der Waals surface area contributed by atoms with Crippen LogP contribution in [0.5, 0.6) is 5.75 Å². The van der Waals surface area contributed by atoms with Crippen molar-refractivity contribution >= 4 is 42.6 Å². The molecule has 8 nitrogen and oxygen atoms in total. The molecular weight excluding hydrogens is 534 g/mol. The van der Waals surface area contributed by atoms with E-state index in [2.05, 4.69) is 4.98 Å². The fourth-order valence-electron chi connectivity index (χ4n) is 4.08. The molecule has 2 aromatic heterocycles. The monoisotopic (exact) mass is 561 g/mol. The normalized spacial score (nSPS) is 11.7. The Morgan fingerprint density at radius 1 is 0.974 bits per heavy atom. The van der Waals surface area contributed by atoms with Gasteiger partial charge >= 0.3 is 0 Å². The molecule has 0 N–H and O–H groups in total. The average Bonchev–Trinajstić information content (AvgIpc) is 3.62. The molecule has 0 aliphatic heterocycles. The van der Waals surface area contributed by atoms with Gasteiger partial charge in [-0.1, -0.05) is 41.7 Å². The number of amides is 1. The van der Waals surface area contributed by atoms with Crippen LogP contribution in [0.15, 0.2) is 101 Å². The number of furan rings is 1. The highest BCUT2D eigenvalue weighted by Gasteiger charge is 2.25. The van der Waals surface area contributed by atoms with E-state index >= 15 is 0 Å². The Morgan fingerprint density at radius 3 is 2.44 bits per heavy atom. The molecular formula is C29H27N3O5S2. The van der Waals surface area contributed by atoms with Crippen LogP contribution < -0.4 is 9.64 Å². The van der Waals surface area contributed by atoms with Crippen molar-refractivity contribution in [2.45, 2.75) is 24.9 Å². The van der Waals surface area contributed by atoms with Gasteiger partial charge in [-0.2, -0.15) is 4.31 Å². The molecule has 0 spiro atoms. The molecule has 10 heteroatoms. The van der Waals surface area contributed by atoms with Crippen molar-refractivity contribution in [3.63, 3.8) is 0 Å². The standard InChI is InChI=1S/C29H27N3O5S2/c1-3-36-23-13-16-26-27(18-23)38-29(30-26)32(20-24-10-7-17-37-24)28(33)22-11-14-25(15-12-22)39(34,35)31(2)19-21-8-5-4-6-9-21/h4-18H,3,19-20H2,1-2H3. The van der Waals surface area contributed by atoms with Crippen LogP contribution in [0.25, 0.3) is 10.2 Å². The summed E-state index contributed by atoms with van der Waals surface area (Å²) in [7, 11) is -2.21. The third-order valence-corrected chi connectivity index (χ3v) is 8.95. The Labute approximate surface area is 231 Å². The molecule has 0 atom stereocenters. The van der Waals surface area contributed by atoms with E-state index < -0.39 is 10.0 Å². The molecule has 0 saturated carbocycles. The number of benzene rings is 3. The zero-order valence-electron chi connectivity index (χ0n) is 21.5. The second-order valence-electron chi connectivity index (χ2n) is 8.80. The van der Waals surface area contributed by atoms with E-state index in [0.717, 1.165) is 21.5 Å². The summed E-state index contributed by atoms with van der Waals surface area (Å²) in [6, 6.07) is 24.5. The van der Waals surface area contributed by atoms with Gasteiger partial charge < -0.3 is 9.15 Å². The van der Waals surface area contributed by atoms with Crippen LogP contribution in [-0.2, 0) is 23.1 Å². The topological polar surface area (TPSA) is 93.0 Å². The summed E-state index contributed by atoms with van der Waals surface area (Å²) in [6.45, 7) is 2.88. The number of hydrogen-bond donors (Lipinski definition) is 0. The summed E-state index contributed by atoms with van der Waals surface area (Å²) in [6.07, 6.45) is 1.55. The van der Waals surface area contributed by atoms with Crippen LogP contribution in [0.1, 0.15) is 28.6 Å². The Kier molecular flexibility index (Phi) is 7.78. The maximum Gasteiger partial charge on any atom is 0.260 e. The molecule has 0 radical (unpaired) electrons. The van der Waals surface area contributed by atoms with E-state index in [1.165, 1.54) is 51.9 Å². The van der Waals surface area contributed by atoms with Gasteiger partial charge in [0.05, 0.1) is 34.5 Å². The van der Waals surface area contributed by atoms with E-state index in [-0.39, 0.29) is 23.9 Å². The summed E-state index contributed by atoms with van der Waals surface area (Å²) in [4.78, 5) is 20.1. The highest BCUT2D eigenvalue weighted by molar-refractivity contribution is 7.89. The number of carbonyl (C=O) groups excluding carboxylic acids is 1. The Hall–Kier alpha value is -3.99. The molecule has 0 saturated heterocycles. The average molecular weight is 562 g/mol. The first-order chi connectivity index (χ1) is 18.8. The number of fused-ring (bicyclic) bond motifs is 1. The molecule has 0 unspecified atom stereocenters. The molecule has 2 heterocycles. The highest BCUT2D eigenvalue weighted by atomic mass is 32.2. The largest absolute Gasteiger partial charge is 0.494 e. The first-order valence-corrected chi connectivity index (χ1v) is 14.6. The lowest BCUT2D eigenvalue weighted by Gasteiger charge is -2.20. The number of nitrogens with zero attached hydrogens (tertiary/aromatic N) is 3. The number of hydrogen-bond acceptors (Lipinski definition) is 7. The third-order valence-electron chi connectivity index (χ3n) is 6.09. The Bertz CT molecular complexity index is 1670. The van der Waals surface area contributed by atoms with E-state index in [0.29, 0.717) is 23.1 Å². The molecule has 0 aliphatic carbocycles. The Morgan fingerprint density at radius 2 is 1.74 bits per heavy atom. The second kappa shape index (κ2) is 11.4. The molecule has 1 amide bonds. The zero-order valence-corrected chi connectivity index (χ0v) is 23.1. The van der Waals surface area contributed by atoms with Gasteiger partial charge in [0.1, 0.15) is 11.5 Å². The number of rotatable bonds is 10. The van der Waals surface area contributed by atoms with Gasteiger partial charge in [-0.15, -0.1) is 0 Å². The van der Waals surface area contributed by atoms with Crippen LogP contribution in [0.3, 0.4) is 0 Å². The van der Waals surface area contributed by atoms with E-state index in [1.807, 2.05) is 55.5 Å². The number of anilines is 1. The quantitative estimate of drug-likeness (QED) is 0.209. The van der Waals surface area contributed by atoms with Crippen molar-refractivity contribution < 1.29 is 22.4 Å². The summed E-state index contributed by atoms with van der Waals surface area (Å²) in [5.74, 6) is 1.01. The fraction of sp³-hybridized carbons (Fsp3) is 0.172. The molecule has 5 aromatic rings. The number of carbonyl (C=O) groups is 1. The van der Waals surface area contributed by atoms with Gasteiger partial charge in [0, 0.05) is 19.2 Å². The minimum atomic E-state index is -3.75. The van der Waals surface area contributed by atoms with Crippen LogP contribution in [0.2, 0.25) is 0 Å². The van der Waals surface area contributed by atoms with Gasteiger partial charge in [0.25, 0.3) is 5.91 Å². The van der Waals surface area contributed by atoms with Crippen LogP contribution in [-0.4, -0.2) is 37.3 Å². The van der Waals surface area contributed by atoms with Crippen molar-refractivity contribution in [1.29, 1.82) is 0 Å². The summed E-state index contributed by atoms with van der Waals surface area (Å²) in [5.41, 5.74) is 1.97. The van der Waals surface area contributed by atoms with Crippen LogP contribution >= 0.6 is 11.3 Å². The third kappa shape index (κ3) is 5.88. The summed E-state index contributed by atoms with van der Waals surface area (Å²) < 4.78 is 39.6. The van der Waals surface area contributed by atoms with Crippen molar-refractivity contribution in [3.05, 3.63) is 108 Å². The lowest BCUT2D eigenvalue weighted by molar-refractivity contribution is 0.0983. The smallest absolute Gasteiger partial charge is 0.260 e. The zero-order chi connectivity index (χ0) is 27.4. The van der Waals surface area contributed by atoms with Crippen LogP contribution in [0, 0.1) is 0 Å².